The second-order valence-corrected chi connectivity index (χ2v) is 9.56. The molecule has 5 heterocycles. The molecular weight excluding hydrogens is 404 g/mol. The van der Waals surface area contributed by atoms with Crippen molar-refractivity contribution in [3.8, 4) is 10.6 Å². The predicted octanol–water partition coefficient (Wildman–Crippen LogP) is 3.60. The first-order chi connectivity index (χ1) is 14.1. The van der Waals surface area contributed by atoms with Crippen molar-refractivity contribution in [2.45, 2.75) is 38.8 Å². The van der Waals surface area contributed by atoms with E-state index in [9.17, 15) is 4.79 Å². The summed E-state index contributed by atoms with van der Waals surface area (Å²) in [5.74, 6) is 0.772. The molecule has 2 saturated heterocycles. The topological polar surface area (TPSA) is 83.0 Å². The van der Waals surface area contributed by atoms with Gasteiger partial charge in [0.1, 0.15) is 5.82 Å². The normalized spacial score (nSPS) is 20.8. The third kappa shape index (κ3) is 3.54. The molecule has 29 heavy (non-hydrogen) atoms. The lowest BCUT2D eigenvalue weighted by atomic mass is 10.1. The van der Waals surface area contributed by atoms with Crippen LogP contribution >= 0.6 is 22.7 Å². The highest BCUT2D eigenvalue weighted by atomic mass is 32.1. The quantitative estimate of drug-likeness (QED) is 0.663. The van der Waals surface area contributed by atoms with Gasteiger partial charge in [0, 0.05) is 36.8 Å². The third-order valence-electron chi connectivity index (χ3n) is 5.50. The minimum atomic E-state index is 0.0885. The maximum absolute atomic E-state index is 12.9. The second-order valence-electron chi connectivity index (χ2n) is 7.50. The number of hydrogen-bond donors (Lipinski definition) is 2. The molecule has 150 valence electrons. The van der Waals surface area contributed by atoms with Crippen LogP contribution in [0.2, 0.25) is 0 Å². The lowest BCUT2D eigenvalue weighted by molar-refractivity contribution is 0.0619. The van der Waals surface area contributed by atoms with Crippen LogP contribution in [0, 0.1) is 13.8 Å². The van der Waals surface area contributed by atoms with Crippen LogP contribution in [0.25, 0.3) is 10.6 Å². The standard InChI is InChI=1S/C20H22N6OS2/c1-11-18(29-12(2)23-11)16-10-28-20(24-16)25-17-6-3-13(7-22-17)19(27)26-14-4-5-15(26)9-21-8-14/h3,6-7,10,14-15,21H,4-5,8-9H2,1-2H3,(H,22,24,25)/t14-,15?/m1/s1. The zero-order valence-corrected chi connectivity index (χ0v) is 17.9. The molecule has 2 N–H and O–H groups in total. The Morgan fingerprint density at radius 2 is 2.00 bits per heavy atom. The minimum Gasteiger partial charge on any atom is -0.330 e. The number of nitrogens with one attached hydrogen (secondary N) is 2. The van der Waals surface area contributed by atoms with Crippen molar-refractivity contribution in [1.29, 1.82) is 0 Å². The van der Waals surface area contributed by atoms with Crippen molar-refractivity contribution in [2.24, 2.45) is 0 Å². The number of carbonyl (C=O) groups excluding carboxylic acids is 1. The van der Waals surface area contributed by atoms with Crippen molar-refractivity contribution in [1.82, 2.24) is 25.2 Å². The Labute approximate surface area is 177 Å². The number of anilines is 2. The molecular formula is C20H22N6OS2. The molecule has 9 heteroatoms. The molecule has 3 aromatic rings. The summed E-state index contributed by atoms with van der Waals surface area (Å²) >= 11 is 3.19. The first-order valence-corrected chi connectivity index (χ1v) is 11.4. The molecule has 2 bridgehead atoms. The van der Waals surface area contributed by atoms with Crippen LogP contribution in [0.1, 0.15) is 33.9 Å². The molecule has 2 aliphatic heterocycles. The predicted molar refractivity (Wildman–Crippen MR) is 116 cm³/mol. The first-order valence-electron chi connectivity index (χ1n) is 9.75. The SMILES string of the molecule is Cc1nc(C)c(-c2csc(Nc3ccc(C(=O)N4C5CC[C@@H]4CNC5)cn3)n2)s1. The number of rotatable bonds is 4. The van der Waals surface area contributed by atoms with Gasteiger partial charge in [-0.15, -0.1) is 22.7 Å². The zero-order chi connectivity index (χ0) is 20.0. The zero-order valence-electron chi connectivity index (χ0n) is 16.3. The highest BCUT2D eigenvalue weighted by molar-refractivity contribution is 7.16. The van der Waals surface area contributed by atoms with Crippen molar-refractivity contribution in [2.75, 3.05) is 18.4 Å². The Kier molecular flexibility index (Phi) is 4.81. The number of aromatic nitrogens is 3. The molecule has 0 spiro atoms. The van der Waals surface area contributed by atoms with E-state index >= 15 is 0 Å². The number of pyridine rings is 1. The summed E-state index contributed by atoms with van der Waals surface area (Å²) in [6, 6.07) is 4.32. The van der Waals surface area contributed by atoms with Gasteiger partial charge in [-0.3, -0.25) is 4.79 Å². The molecule has 1 amide bonds. The first kappa shape index (κ1) is 18.7. The Bertz CT molecular complexity index is 1030. The molecule has 7 nitrogen and oxygen atoms in total. The van der Waals surface area contributed by atoms with Crippen LogP contribution in [-0.2, 0) is 0 Å². The molecule has 0 aromatic carbocycles. The average molecular weight is 427 g/mol. The third-order valence-corrected chi connectivity index (χ3v) is 7.35. The average Bonchev–Trinajstić information content (AvgIpc) is 3.37. The Morgan fingerprint density at radius 3 is 2.66 bits per heavy atom. The summed E-state index contributed by atoms with van der Waals surface area (Å²) in [7, 11) is 0. The van der Waals surface area contributed by atoms with Crippen LogP contribution in [0.15, 0.2) is 23.7 Å². The van der Waals surface area contributed by atoms with Gasteiger partial charge in [-0.1, -0.05) is 0 Å². The summed E-state index contributed by atoms with van der Waals surface area (Å²) in [6.07, 6.45) is 3.83. The van der Waals surface area contributed by atoms with E-state index in [1.165, 1.54) is 11.3 Å². The number of hydrogen-bond acceptors (Lipinski definition) is 8. The van der Waals surface area contributed by atoms with Gasteiger partial charge in [-0.05, 0) is 38.8 Å². The molecule has 2 aliphatic rings. The summed E-state index contributed by atoms with van der Waals surface area (Å²) in [5, 5.41) is 10.5. The van der Waals surface area contributed by atoms with Crippen molar-refractivity contribution >= 4 is 39.5 Å². The summed E-state index contributed by atoms with van der Waals surface area (Å²) in [4.78, 5) is 29.7. The van der Waals surface area contributed by atoms with E-state index in [0.717, 1.165) is 52.3 Å². The van der Waals surface area contributed by atoms with Gasteiger partial charge in [0.05, 0.1) is 26.8 Å². The molecule has 0 saturated carbocycles. The summed E-state index contributed by atoms with van der Waals surface area (Å²) in [5.41, 5.74) is 2.58. The van der Waals surface area contributed by atoms with Gasteiger partial charge in [-0.2, -0.15) is 0 Å². The highest BCUT2D eigenvalue weighted by Gasteiger charge is 2.39. The number of nitrogens with zero attached hydrogens (tertiary/aromatic N) is 4. The molecule has 5 rings (SSSR count). The number of fused-ring (bicyclic) bond motifs is 2. The lowest BCUT2D eigenvalue weighted by Gasteiger charge is -2.35. The van der Waals surface area contributed by atoms with Crippen LogP contribution < -0.4 is 10.6 Å². The van der Waals surface area contributed by atoms with Gasteiger partial charge in [-0.25, -0.2) is 15.0 Å². The number of piperazine rings is 1. The number of carbonyl (C=O) groups is 1. The van der Waals surface area contributed by atoms with Crippen LogP contribution in [0.3, 0.4) is 0 Å². The molecule has 2 atom stereocenters. The fourth-order valence-electron chi connectivity index (χ4n) is 4.17. The fraction of sp³-hybridized carbons (Fsp3) is 0.400. The van der Waals surface area contributed by atoms with E-state index in [4.69, 9.17) is 0 Å². The monoisotopic (exact) mass is 426 g/mol. The number of amides is 1. The van der Waals surface area contributed by atoms with E-state index in [1.54, 1.807) is 17.5 Å². The van der Waals surface area contributed by atoms with E-state index < -0.39 is 0 Å². The van der Waals surface area contributed by atoms with Gasteiger partial charge < -0.3 is 15.5 Å². The minimum absolute atomic E-state index is 0.0885. The fourth-order valence-corrected chi connectivity index (χ4v) is 5.83. The number of thiazole rings is 2. The highest BCUT2D eigenvalue weighted by Crippen LogP contribution is 2.33. The van der Waals surface area contributed by atoms with Crippen molar-refractivity contribution < 1.29 is 4.79 Å². The molecule has 2 fully saturated rings. The van der Waals surface area contributed by atoms with E-state index in [-0.39, 0.29) is 5.91 Å². The smallest absolute Gasteiger partial charge is 0.256 e. The molecule has 0 radical (unpaired) electrons. The Balaban J connectivity index is 1.29. The second kappa shape index (κ2) is 7.47. The van der Waals surface area contributed by atoms with Gasteiger partial charge in [0.2, 0.25) is 0 Å². The van der Waals surface area contributed by atoms with E-state index in [0.29, 0.717) is 23.5 Å². The van der Waals surface area contributed by atoms with Gasteiger partial charge in [0.15, 0.2) is 5.13 Å². The van der Waals surface area contributed by atoms with Crippen LogP contribution in [0.4, 0.5) is 10.9 Å². The van der Waals surface area contributed by atoms with Crippen LogP contribution in [0.5, 0.6) is 0 Å². The number of aryl methyl sites for hydroxylation is 2. The molecule has 0 aliphatic carbocycles. The van der Waals surface area contributed by atoms with Gasteiger partial charge in [0.25, 0.3) is 5.91 Å². The maximum atomic E-state index is 12.9. The summed E-state index contributed by atoms with van der Waals surface area (Å²) < 4.78 is 0. The molecule has 3 aromatic heterocycles. The molecule has 1 unspecified atom stereocenters. The summed E-state index contributed by atoms with van der Waals surface area (Å²) in [6.45, 7) is 5.79. The van der Waals surface area contributed by atoms with Crippen molar-refractivity contribution in [3.05, 3.63) is 40.0 Å². The maximum Gasteiger partial charge on any atom is 0.256 e. The lowest BCUT2D eigenvalue weighted by Crippen LogP contribution is -2.54. The van der Waals surface area contributed by atoms with Crippen molar-refractivity contribution in [3.63, 3.8) is 0 Å². The van der Waals surface area contributed by atoms with Crippen LogP contribution in [-0.4, -0.2) is 50.9 Å². The Morgan fingerprint density at radius 1 is 1.21 bits per heavy atom. The van der Waals surface area contributed by atoms with E-state index in [2.05, 4.69) is 25.6 Å². The van der Waals surface area contributed by atoms with Gasteiger partial charge >= 0.3 is 0 Å². The largest absolute Gasteiger partial charge is 0.330 e. The van der Waals surface area contributed by atoms with E-state index in [1.807, 2.05) is 36.3 Å². The Hall–Kier alpha value is -2.36.